The van der Waals surface area contributed by atoms with Gasteiger partial charge in [-0.15, -0.1) is 0 Å². The Morgan fingerprint density at radius 1 is 1.53 bits per heavy atom. The highest BCUT2D eigenvalue weighted by Crippen LogP contribution is 2.13. The van der Waals surface area contributed by atoms with Crippen LogP contribution < -0.4 is 0 Å². The molecule has 0 bridgehead atoms. The smallest absolute Gasteiger partial charge is 0.331 e. The Kier molecular flexibility index (Phi) is 4.06. The number of nitrogens with zero attached hydrogens (tertiary/aromatic N) is 2. The zero-order valence-electron chi connectivity index (χ0n) is 10.3. The van der Waals surface area contributed by atoms with Crippen LogP contribution >= 0.6 is 0 Å². The van der Waals surface area contributed by atoms with Gasteiger partial charge in [0, 0.05) is 12.7 Å². The van der Waals surface area contributed by atoms with Crippen molar-refractivity contribution in [1.29, 1.82) is 0 Å². The number of ether oxygens (including phenoxy) is 2. The largest absolute Gasteiger partial charge is 0.467 e. The van der Waals surface area contributed by atoms with Crippen molar-refractivity contribution in [2.75, 3.05) is 26.9 Å². The van der Waals surface area contributed by atoms with Gasteiger partial charge in [0.25, 0.3) is 5.91 Å². The number of amides is 1. The van der Waals surface area contributed by atoms with Gasteiger partial charge in [-0.1, -0.05) is 0 Å². The summed E-state index contributed by atoms with van der Waals surface area (Å²) in [6, 6.07) is 1.64. The molecule has 1 aliphatic rings. The van der Waals surface area contributed by atoms with Gasteiger partial charge in [0.15, 0.2) is 6.04 Å². The standard InChI is InChI=1S/C12H13FN2O4/c1-18-12(17)9-7-19-5-4-15(9)11(16)8-2-3-10(13)14-6-8/h2-3,6,9H,4-5,7H2,1H3. The molecule has 0 aromatic carbocycles. The molecular weight excluding hydrogens is 255 g/mol. The van der Waals surface area contributed by atoms with E-state index in [-0.39, 0.29) is 18.7 Å². The first-order valence-corrected chi connectivity index (χ1v) is 5.71. The zero-order valence-corrected chi connectivity index (χ0v) is 10.3. The first-order chi connectivity index (χ1) is 9.13. The summed E-state index contributed by atoms with van der Waals surface area (Å²) in [5.41, 5.74) is 0.220. The molecule has 7 heteroatoms. The molecule has 0 aliphatic carbocycles. The van der Waals surface area contributed by atoms with Crippen LogP contribution in [0.25, 0.3) is 0 Å². The van der Waals surface area contributed by atoms with Crippen LogP contribution in [0.5, 0.6) is 0 Å². The van der Waals surface area contributed by atoms with Crippen LogP contribution in [0.15, 0.2) is 18.3 Å². The summed E-state index contributed by atoms with van der Waals surface area (Å²) in [6.07, 6.45) is 1.14. The van der Waals surface area contributed by atoms with E-state index in [1.165, 1.54) is 18.1 Å². The molecule has 0 N–H and O–H groups in total. The number of hydrogen-bond acceptors (Lipinski definition) is 5. The Hall–Kier alpha value is -2.02. The summed E-state index contributed by atoms with van der Waals surface area (Å²) >= 11 is 0. The maximum atomic E-state index is 12.7. The van der Waals surface area contributed by atoms with E-state index in [4.69, 9.17) is 4.74 Å². The molecule has 19 heavy (non-hydrogen) atoms. The molecule has 1 unspecified atom stereocenters. The summed E-state index contributed by atoms with van der Waals surface area (Å²) in [5, 5.41) is 0. The molecular formula is C12H13FN2O4. The number of pyridine rings is 1. The van der Waals surface area contributed by atoms with E-state index in [2.05, 4.69) is 9.72 Å². The first-order valence-electron chi connectivity index (χ1n) is 5.71. The number of rotatable bonds is 2. The molecule has 6 nitrogen and oxygen atoms in total. The van der Waals surface area contributed by atoms with Gasteiger partial charge in [-0.3, -0.25) is 4.79 Å². The minimum Gasteiger partial charge on any atom is -0.467 e. The number of methoxy groups -OCH3 is 1. The number of halogens is 1. The quantitative estimate of drug-likeness (QED) is 0.567. The van der Waals surface area contributed by atoms with Gasteiger partial charge in [0.1, 0.15) is 0 Å². The predicted octanol–water partition coefficient (Wildman–Crippen LogP) is 0.235. The second-order valence-corrected chi connectivity index (χ2v) is 3.98. The number of morpholine rings is 1. The SMILES string of the molecule is COC(=O)C1COCCN1C(=O)c1ccc(F)nc1. The lowest BCUT2D eigenvalue weighted by Gasteiger charge is -2.33. The van der Waals surface area contributed by atoms with Crippen molar-refractivity contribution >= 4 is 11.9 Å². The number of hydrogen-bond donors (Lipinski definition) is 0. The van der Waals surface area contributed by atoms with Crippen LogP contribution in [0.3, 0.4) is 0 Å². The molecule has 1 aromatic rings. The van der Waals surface area contributed by atoms with E-state index >= 15 is 0 Å². The number of carbonyl (C=O) groups excluding carboxylic acids is 2. The highest BCUT2D eigenvalue weighted by molar-refractivity contribution is 5.96. The molecule has 102 valence electrons. The average Bonchev–Trinajstić information content (AvgIpc) is 2.46. The van der Waals surface area contributed by atoms with Gasteiger partial charge < -0.3 is 14.4 Å². The molecule has 2 heterocycles. The third-order valence-electron chi connectivity index (χ3n) is 2.84. The molecule has 0 radical (unpaired) electrons. The van der Waals surface area contributed by atoms with E-state index in [0.29, 0.717) is 6.61 Å². The Morgan fingerprint density at radius 2 is 2.32 bits per heavy atom. The van der Waals surface area contributed by atoms with Gasteiger partial charge in [-0.2, -0.15) is 4.39 Å². The van der Waals surface area contributed by atoms with Gasteiger partial charge in [-0.25, -0.2) is 9.78 Å². The lowest BCUT2D eigenvalue weighted by Crippen LogP contribution is -2.53. The lowest BCUT2D eigenvalue weighted by atomic mass is 10.1. The molecule has 1 atom stereocenters. The first kappa shape index (κ1) is 13.4. The number of carbonyl (C=O) groups is 2. The molecule has 1 amide bonds. The molecule has 1 fully saturated rings. The van der Waals surface area contributed by atoms with Crippen molar-refractivity contribution in [3.8, 4) is 0 Å². The predicted molar refractivity (Wildman–Crippen MR) is 61.9 cm³/mol. The summed E-state index contributed by atoms with van der Waals surface area (Å²) in [6.45, 7) is 0.705. The fourth-order valence-electron chi connectivity index (χ4n) is 1.85. The van der Waals surface area contributed by atoms with Crippen molar-refractivity contribution in [2.24, 2.45) is 0 Å². The monoisotopic (exact) mass is 268 g/mol. The summed E-state index contributed by atoms with van der Waals surface area (Å²) < 4.78 is 22.5. The van der Waals surface area contributed by atoms with E-state index < -0.39 is 23.9 Å². The highest BCUT2D eigenvalue weighted by atomic mass is 19.1. The Morgan fingerprint density at radius 3 is 2.95 bits per heavy atom. The van der Waals surface area contributed by atoms with Gasteiger partial charge in [0.2, 0.25) is 5.95 Å². The third kappa shape index (κ3) is 2.87. The zero-order chi connectivity index (χ0) is 13.8. The maximum absolute atomic E-state index is 12.7. The van der Waals surface area contributed by atoms with Crippen molar-refractivity contribution in [3.63, 3.8) is 0 Å². The molecule has 1 aliphatic heterocycles. The second kappa shape index (κ2) is 5.75. The fraction of sp³-hybridized carbons (Fsp3) is 0.417. The lowest BCUT2D eigenvalue weighted by molar-refractivity contribution is -0.151. The van der Waals surface area contributed by atoms with Crippen LogP contribution in [0, 0.1) is 5.95 Å². The molecule has 2 rings (SSSR count). The molecule has 0 spiro atoms. The van der Waals surface area contributed by atoms with Gasteiger partial charge >= 0.3 is 5.97 Å². The second-order valence-electron chi connectivity index (χ2n) is 3.98. The van der Waals surface area contributed by atoms with E-state index in [0.717, 1.165) is 12.3 Å². The Balaban J connectivity index is 2.20. The van der Waals surface area contributed by atoms with Crippen LogP contribution in [0.2, 0.25) is 0 Å². The van der Waals surface area contributed by atoms with Crippen molar-refractivity contribution in [3.05, 3.63) is 29.8 Å². The van der Waals surface area contributed by atoms with E-state index in [1.54, 1.807) is 0 Å². The van der Waals surface area contributed by atoms with Crippen molar-refractivity contribution in [2.45, 2.75) is 6.04 Å². The molecule has 1 saturated heterocycles. The minimum atomic E-state index is -0.781. The molecule has 1 aromatic heterocycles. The van der Waals surface area contributed by atoms with Gasteiger partial charge in [0.05, 0.1) is 25.9 Å². The Bertz CT molecular complexity index is 477. The number of esters is 1. The van der Waals surface area contributed by atoms with Crippen molar-refractivity contribution < 1.29 is 23.5 Å². The fourth-order valence-corrected chi connectivity index (χ4v) is 1.85. The summed E-state index contributed by atoms with van der Waals surface area (Å²) in [4.78, 5) is 28.6. The average molecular weight is 268 g/mol. The van der Waals surface area contributed by atoms with Crippen LogP contribution in [0.1, 0.15) is 10.4 Å². The van der Waals surface area contributed by atoms with Crippen LogP contribution in [-0.2, 0) is 14.3 Å². The van der Waals surface area contributed by atoms with E-state index in [9.17, 15) is 14.0 Å². The Labute approximate surface area is 109 Å². The maximum Gasteiger partial charge on any atom is 0.331 e. The number of aromatic nitrogens is 1. The minimum absolute atomic E-state index is 0.0903. The third-order valence-corrected chi connectivity index (χ3v) is 2.84. The van der Waals surface area contributed by atoms with Gasteiger partial charge in [-0.05, 0) is 12.1 Å². The normalized spacial score (nSPS) is 19.1. The topological polar surface area (TPSA) is 68.7 Å². The summed E-state index contributed by atoms with van der Waals surface area (Å²) in [7, 11) is 1.25. The molecule has 0 saturated carbocycles. The van der Waals surface area contributed by atoms with Crippen LogP contribution in [-0.4, -0.2) is 54.7 Å². The summed E-state index contributed by atoms with van der Waals surface area (Å²) in [5.74, 6) is -1.60. The highest BCUT2D eigenvalue weighted by Gasteiger charge is 2.34. The van der Waals surface area contributed by atoms with Crippen molar-refractivity contribution in [1.82, 2.24) is 9.88 Å². The van der Waals surface area contributed by atoms with E-state index in [1.807, 2.05) is 0 Å². The van der Waals surface area contributed by atoms with Crippen LogP contribution in [0.4, 0.5) is 4.39 Å².